The van der Waals surface area contributed by atoms with E-state index >= 15 is 0 Å². The average Bonchev–Trinajstić information content (AvgIpc) is 3.23. The first kappa shape index (κ1) is 33.5. The average molecular weight is 594 g/mol. The van der Waals surface area contributed by atoms with Gasteiger partial charge < -0.3 is 29.2 Å². The van der Waals surface area contributed by atoms with Crippen LogP contribution in [0.5, 0.6) is 0 Å². The molecular weight excluding hydrogens is 554 g/mol. The number of rotatable bonds is 18. The molecule has 1 amide bonds. The van der Waals surface area contributed by atoms with Crippen LogP contribution in [0, 0.1) is 17.2 Å². The number of fused-ring (bicyclic) bond motifs is 1. The Morgan fingerprint density at radius 3 is 2.14 bits per heavy atom. The second-order valence-corrected chi connectivity index (χ2v) is 9.70. The van der Waals surface area contributed by atoms with E-state index in [1.807, 2.05) is 19.1 Å². The lowest BCUT2D eigenvalue weighted by Crippen LogP contribution is -2.31. The van der Waals surface area contributed by atoms with E-state index in [4.69, 9.17) is 18.9 Å². The number of ether oxygens (including phenoxy) is 4. The zero-order valence-electron chi connectivity index (χ0n) is 25.2. The maximum absolute atomic E-state index is 12.8. The summed E-state index contributed by atoms with van der Waals surface area (Å²) in [7, 11) is 1.62. The molecule has 0 saturated heterocycles. The first-order valence-electron chi connectivity index (χ1n) is 14.3. The van der Waals surface area contributed by atoms with Crippen molar-refractivity contribution >= 4 is 40.2 Å². The van der Waals surface area contributed by atoms with Gasteiger partial charge in [0, 0.05) is 50.5 Å². The molecule has 0 saturated carbocycles. The third-order valence-corrected chi connectivity index (χ3v) is 6.77. The number of carbonyl (C=O) groups excluding carboxylic acids is 3. The second kappa shape index (κ2) is 17.2. The molecule has 1 aliphatic rings. The van der Waals surface area contributed by atoms with E-state index in [2.05, 4.69) is 20.4 Å². The van der Waals surface area contributed by atoms with Crippen molar-refractivity contribution < 1.29 is 33.3 Å². The lowest BCUT2D eigenvalue weighted by atomic mass is 10.0. The van der Waals surface area contributed by atoms with Crippen molar-refractivity contribution in [2.24, 2.45) is 16.1 Å². The molecule has 0 spiro atoms. The molecule has 0 heterocycles. The number of carbonyl (C=O) groups is 3. The number of methoxy groups -OCH3 is 1. The van der Waals surface area contributed by atoms with Gasteiger partial charge in [-0.3, -0.25) is 14.4 Å². The number of ketones is 2. The van der Waals surface area contributed by atoms with Crippen molar-refractivity contribution in [1.82, 2.24) is 0 Å². The molecule has 43 heavy (non-hydrogen) atoms. The SMILES string of the molecule is CCOCCOCCN(CCOCCOC)c1ccc(N=Nc2cc3c(cc2C#N)C(=O)C(CC)C3=O)c(NC(C)=O)c1. The Morgan fingerprint density at radius 1 is 0.907 bits per heavy atom. The van der Waals surface area contributed by atoms with Gasteiger partial charge in [-0.2, -0.15) is 5.26 Å². The number of amides is 1. The van der Waals surface area contributed by atoms with Crippen molar-refractivity contribution in [3.63, 3.8) is 0 Å². The number of Topliss-reactive ketones (excluding diaryl/α,β-unsaturated/α-hetero) is 2. The number of anilines is 2. The van der Waals surface area contributed by atoms with Crippen molar-refractivity contribution in [3.05, 3.63) is 47.0 Å². The number of nitrogens with one attached hydrogen (secondary N) is 1. The first-order chi connectivity index (χ1) is 20.8. The van der Waals surface area contributed by atoms with Crippen LogP contribution < -0.4 is 10.2 Å². The Balaban J connectivity index is 1.87. The van der Waals surface area contributed by atoms with Crippen molar-refractivity contribution in [1.29, 1.82) is 5.26 Å². The fourth-order valence-electron chi connectivity index (χ4n) is 4.57. The highest BCUT2D eigenvalue weighted by Crippen LogP contribution is 2.36. The molecule has 0 bridgehead atoms. The molecule has 230 valence electrons. The van der Waals surface area contributed by atoms with Crippen LogP contribution in [0.15, 0.2) is 40.6 Å². The number of hydrogen-bond donors (Lipinski definition) is 1. The summed E-state index contributed by atoms with van der Waals surface area (Å²) in [5.41, 5.74) is 2.34. The van der Waals surface area contributed by atoms with Gasteiger partial charge in [0.25, 0.3) is 0 Å². The first-order valence-corrected chi connectivity index (χ1v) is 14.3. The topological polar surface area (TPSA) is 152 Å². The Labute approximate surface area is 252 Å². The molecule has 12 heteroatoms. The van der Waals surface area contributed by atoms with Gasteiger partial charge in [-0.1, -0.05) is 6.92 Å². The summed E-state index contributed by atoms with van der Waals surface area (Å²) < 4.78 is 21.8. The molecular formula is C31H39N5O7. The molecule has 1 atom stereocenters. The zero-order chi connectivity index (χ0) is 31.2. The summed E-state index contributed by atoms with van der Waals surface area (Å²) in [5.74, 6) is -1.59. The van der Waals surface area contributed by atoms with Crippen molar-refractivity contribution in [3.8, 4) is 6.07 Å². The van der Waals surface area contributed by atoms with E-state index in [9.17, 15) is 19.6 Å². The van der Waals surface area contributed by atoms with Gasteiger partial charge in [0.15, 0.2) is 11.6 Å². The molecule has 1 aliphatic carbocycles. The number of azo groups is 1. The highest BCUT2D eigenvalue weighted by Gasteiger charge is 2.38. The van der Waals surface area contributed by atoms with Gasteiger partial charge in [0.2, 0.25) is 5.91 Å². The van der Waals surface area contributed by atoms with Crippen LogP contribution >= 0.6 is 0 Å². The minimum atomic E-state index is -0.740. The Hall–Kier alpha value is -4.02. The van der Waals surface area contributed by atoms with E-state index in [0.29, 0.717) is 77.1 Å². The Morgan fingerprint density at radius 2 is 1.53 bits per heavy atom. The highest BCUT2D eigenvalue weighted by molar-refractivity contribution is 6.26. The lowest BCUT2D eigenvalue weighted by Gasteiger charge is -2.25. The Bertz CT molecular complexity index is 1350. The van der Waals surface area contributed by atoms with Gasteiger partial charge in [0.05, 0.1) is 56.8 Å². The standard InChI is InChI=1S/C31H39N5O7/c1-5-24-30(38)25-17-22(20-32)28(19-26(25)31(24)39)35-34-27-8-7-23(18-29(27)33-21(3)37)36(9-11-42-14-13-40-4)10-12-43-16-15-41-6-2/h7-8,17-19,24H,5-6,9-16H2,1-4H3,(H,33,37). The van der Waals surface area contributed by atoms with Crippen LogP contribution in [0.2, 0.25) is 0 Å². The van der Waals surface area contributed by atoms with Crippen LogP contribution in [-0.4, -0.2) is 83.9 Å². The molecule has 1 N–H and O–H groups in total. The molecule has 1 unspecified atom stereocenters. The fourth-order valence-corrected chi connectivity index (χ4v) is 4.57. The minimum Gasteiger partial charge on any atom is -0.382 e. The van der Waals surface area contributed by atoms with E-state index in [1.165, 1.54) is 19.1 Å². The van der Waals surface area contributed by atoms with Gasteiger partial charge in [-0.25, -0.2) is 0 Å². The van der Waals surface area contributed by atoms with Crippen molar-refractivity contribution in [2.75, 3.05) is 76.7 Å². The minimum absolute atomic E-state index is 0.127. The number of nitriles is 1. The van der Waals surface area contributed by atoms with Crippen LogP contribution in [0.25, 0.3) is 0 Å². The molecule has 0 aliphatic heterocycles. The van der Waals surface area contributed by atoms with E-state index in [-0.39, 0.29) is 39.9 Å². The van der Waals surface area contributed by atoms with E-state index in [1.54, 1.807) is 26.2 Å². The van der Waals surface area contributed by atoms with Gasteiger partial charge in [-0.05, 0) is 43.7 Å². The number of hydrogen-bond acceptors (Lipinski definition) is 11. The van der Waals surface area contributed by atoms with E-state index < -0.39 is 5.92 Å². The lowest BCUT2D eigenvalue weighted by molar-refractivity contribution is -0.114. The monoisotopic (exact) mass is 593 g/mol. The fraction of sp³-hybridized carbons (Fsp3) is 0.484. The summed E-state index contributed by atoms with van der Waals surface area (Å²) in [6, 6.07) is 10.2. The maximum atomic E-state index is 12.8. The quantitative estimate of drug-likeness (QED) is 0.145. The summed E-state index contributed by atoms with van der Waals surface area (Å²) in [4.78, 5) is 39.5. The smallest absolute Gasteiger partial charge is 0.221 e. The molecule has 12 nitrogen and oxygen atoms in total. The maximum Gasteiger partial charge on any atom is 0.221 e. The summed E-state index contributed by atoms with van der Waals surface area (Å²) in [6.45, 7) is 9.72. The summed E-state index contributed by atoms with van der Waals surface area (Å²) >= 11 is 0. The van der Waals surface area contributed by atoms with Crippen LogP contribution in [-0.2, 0) is 23.7 Å². The summed E-state index contributed by atoms with van der Waals surface area (Å²) in [5, 5.41) is 21.1. The predicted octanol–water partition coefficient (Wildman–Crippen LogP) is 4.86. The summed E-state index contributed by atoms with van der Waals surface area (Å²) in [6.07, 6.45) is 0.382. The van der Waals surface area contributed by atoms with Crippen molar-refractivity contribution in [2.45, 2.75) is 27.2 Å². The normalized spacial score (nSPS) is 14.3. The molecule has 3 rings (SSSR count). The van der Waals surface area contributed by atoms with Gasteiger partial charge in [-0.15, -0.1) is 10.2 Å². The molecule has 2 aromatic rings. The molecule has 0 aromatic heterocycles. The Kier molecular flexibility index (Phi) is 13.4. The number of benzene rings is 2. The van der Waals surface area contributed by atoms with Gasteiger partial charge in [0.1, 0.15) is 17.4 Å². The van der Waals surface area contributed by atoms with Crippen LogP contribution in [0.3, 0.4) is 0 Å². The third-order valence-electron chi connectivity index (χ3n) is 6.77. The van der Waals surface area contributed by atoms with Crippen LogP contribution in [0.4, 0.5) is 22.7 Å². The predicted molar refractivity (Wildman–Crippen MR) is 161 cm³/mol. The highest BCUT2D eigenvalue weighted by atomic mass is 16.5. The largest absolute Gasteiger partial charge is 0.382 e. The molecule has 2 aromatic carbocycles. The van der Waals surface area contributed by atoms with E-state index in [0.717, 1.165) is 5.69 Å². The second-order valence-electron chi connectivity index (χ2n) is 9.70. The molecule has 0 radical (unpaired) electrons. The molecule has 0 fully saturated rings. The van der Waals surface area contributed by atoms with Crippen LogP contribution in [0.1, 0.15) is 53.5 Å². The zero-order valence-corrected chi connectivity index (χ0v) is 25.2. The number of nitrogens with zero attached hydrogens (tertiary/aromatic N) is 4. The van der Waals surface area contributed by atoms with Gasteiger partial charge >= 0.3 is 0 Å². The third kappa shape index (κ3) is 9.23.